The first-order chi connectivity index (χ1) is 14.4. The molecule has 1 amide bonds. The van der Waals surface area contributed by atoms with Gasteiger partial charge in [0.2, 0.25) is 5.95 Å². The molecule has 0 aliphatic rings. The first kappa shape index (κ1) is 20.3. The molecule has 0 radical (unpaired) electrons. The molecule has 0 unspecified atom stereocenters. The number of amides is 1. The number of hydrogen-bond acceptors (Lipinski definition) is 4. The predicted molar refractivity (Wildman–Crippen MR) is 118 cm³/mol. The molecule has 30 heavy (non-hydrogen) atoms. The van der Waals surface area contributed by atoms with Gasteiger partial charge < -0.3 is 4.57 Å². The Bertz CT molecular complexity index is 1250. The Morgan fingerprint density at radius 3 is 2.30 bits per heavy atom. The summed E-state index contributed by atoms with van der Waals surface area (Å²) >= 11 is 18.7. The minimum atomic E-state index is -0.895. The SMILES string of the molecule is O=C(Nc1ncccn1)C(=O)c1c(Cl)n(Cc2ccc(Cl)cc2)c2ccc(Cl)cc12. The first-order valence-electron chi connectivity index (χ1n) is 8.78. The topological polar surface area (TPSA) is 76.9 Å². The quantitative estimate of drug-likeness (QED) is 0.326. The fourth-order valence-electron chi connectivity index (χ4n) is 3.07. The van der Waals surface area contributed by atoms with E-state index in [4.69, 9.17) is 34.8 Å². The number of anilines is 1. The summed E-state index contributed by atoms with van der Waals surface area (Å²) in [5, 5.41) is 4.04. The molecule has 4 aromatic rings. The number of hydrogen-bond donors (Lipinski definition) is 1. The van der Waals surface area contributed by atoms with Crippen LogP contribution in [0.1, 0.15) is 15.9 Å². The van der Waals surface area contributed by atoms with Crippen molar-refractivity contribution in [1.29, 1.82) is 0 Å². The zero-order valence-electron chi connectivity index (χ0n) is 15.3. The Labute approximate surface area is 186 Å². The van der Waals surface area contributed by atoms with Gasteiger partial charge in [-0.3, -0.25) is 14.9 Å². The Kier molecular flexibility index (Phi) is 5.72. The summed E-state index contributed by atoms with van der Waals surface area (Å²) in [5.41, 5.74) is 1.66. The fourth-order valence-corrected chi connectivity index (χ4v) is 3.71. The molecule has 0 atom stereocenters. The van der Waals surface area contributed by atoms with E-state index in [2.05, 4.69) is 15.3 Å². The molecule has 2 aromatic heterocycles. The molecule has 0 aliphatic heterocycles. The number of nitrogens with one attached hydrogen (secondary N) is 1. The standard InChI is InChI=1S/C21H13Cl3N4O2/c22-13-4-2-12(3-5-13)11-28-16-7-6-14(23)10-15(16)17(19(28)24)18(29)20(30)27-21-25-8-1-9-26-21/h1-10H,11H2,(H,25,26,27,30). The summed E-state index contributed by atoms with van der Waals surface area (Å²) in [7, 11) is 0. The van der Waals surface area contributed by atoms with Crippen LogP contribution in [0, 0.1) is 0 Å². The average molecular weight is 460 g/mol. The number of carbonyl (C=O) groups is 2. The van der Waals surface area contributed by atoms with E-state index in [1.165, 1.54) is 12.4 Å². The molecule has 0 saturated carbocycles. The molecule has 2 heterocycles. The van der Waals surface area contributed by atoms with Gasteiger partial charge in [-0.1, -0.05) is 46.9 Å². The Morgan fingerprint density at radius 1 is 0.933 bits per heavy atom. The normalized spacial score (nSPS) is 10.9. The van der Waals surface area contributed by atoms with Gasteiger partial charge in [-0.2, -0.15) is 0 Å². The summed E-state index contributed by atoms with van der Waals surface area (Å²) in [6.07, 6.45) is 2.91. The van der Waals surface area contributed by atoms with E-state index in [9.17, 15) is 9.59 Å². The number of aromatic nitrogens is 3. The smallest absolute Gasteiger partial charge is 0.299 e. The lowest BCUT2D eigenvalue weighted by atomic mass is 10.1. The molecule has 4 rings (SSSR count). The van der Waals surface area contributed by atoms with Crippen molar-refractivity contribution in [1.82, 2.24) is 14.5 Å². The highest BCUT2D eigenvalue weighted by Crippen LogP contribution is 2.33. The lowest BCUT2D eigenvalue weighted by molar-refractivity contribution is -0.112. The number of fused-ring (bicyclic) bond motifs is 1. The summed E-state index contributed by atoms with van der Waals surface area (Å²) in [4.78, 5) is 33.3. The second-order valence-corrected chi connectivity index (χ2v) is 7.63. The summed E-state index contributed by atoms with van der Waals surface area (Å²) in [6.45, 7) is 0.380. The van der Waals surface area contributed by atoms with Gasteiger partial charge in [0.25, 0.3) is 11.7 Å². The molecule has 0 bridgehead atoms. The molecular weight excluding hydrogens is 447 g/mol. The summed E-state index contributed by atoms with van der Waals surface area (Å²) < 4.78 is 1.75. The van der Waals surface area contributed by atoms with Crippen molar-refractivity contribution >= 4 is 63.3 Å². The van der Waals surface area contributed by atoms with E-state index in [0.717, 1.165) is 5.56 Å². The van der Waals surface area contributed by atoms with Gasteiger partial charge in [0.05, 0.1) is 11.1 Å². The lowest BCUT2D eigenvalue weighted by Crippen LogP contribution is -2.24. The van der Waals surface area contributed by atoms with Crippen molar-refractivity contribution in [3.63, 3.8) is 0 Å². The Balaban J connectivity index is 1.76. The van der Waals surface area contributed by atoms with E-state index in [0.29, 0.717) is 27.5 Å². The minimum Gasteiger partial charge on any atom is -0.327 e. The monoisotopic (exact) mass is 458 g/mol. The predicted octanol–water partition coefficient (Wildman–Crippen LogP) is 5.26. The number of benzene rings is 2. The van der Waals surface area contributed by atoms with Crippen molar-refractivity contribution in [2.75, 3.05) is 5.32 Å². The molecule has 0 saturated heterocycles. The van der Waals surface area contributed by atoms with Crippen LogP contribution in [0.25, 0.3) is 10.9 Å². The van der Waals surface area contributed by atoms with Crippen molar-refractivity contribution in [3.8, 4) is 0 Å². The third kappa shape index (κ3) is 4.03. The van der Waals surface area contributed by atoms with E-state index in [1.807, 2.05) is 12.1 Å². The number of halogens is 3. The van der Waals surface area contributed by atoms with E-state index in [1.54, 1.807) is 41.0 Å². The molecule has 6 nitrogen and oxygen atoms in total. The van der Waals surface area contributed by atoms with E-state index >= 15 is 0 Å². The maximum atomic E-state index is 13.0. The minimum absolute atomic E-state index is 0.0231. The second-order valence-electron chi connectivity index (χ2n) is 6.40. The summed E-state index contributed by atoms with van der Waals surface area (Å²) in [5.74, 6) is -1.68. The van der Waals surface area contributed by atoms with E-state index < -0.39 is 11.7 Å². The Hall–Kier alpha value is -2.93. The van der Waals surface area contributed by atoms with Crippen LogP contribution >= 0.6 is 34.8 Å². The zero-order valence-corrected chi connectivity index (χ0v) is 17.5. The number of Topliss-reactive ketones (excluding diaryl/α,β-unsaturated/α-hetero) is 1. The first-order valence-corrected chi connectivity index (χ1v) is 9.92. The third-order valence-corrected chi connectivity index (χ3v) is 5.32. The van der Waals surface area contributed by atoms with Gasteiger partial charge in [-0.15, -0.1) is 0 Å². The zero-order chi connectivity index (χ0) is 21.3. The van der Waals surface area contributed by atoms with Crippen molar-refractivity contribution in [2.24, 2.45) is 0 Å². The van der Waals surface area contributed by atoms with Crippen LogP contribution < -0.4 is 5.32 Å². The van der Waals surface area contributed by atoms with Crippen LogP contribution in [0.5, 0.6) is 0 Å². The average Bonchev–Trinajstić information content (AvgIpc) is 3.00. The van der Waals surface area contributed by atoms with Crippen molar-refractivity contribution in [3.05, 3.63) is 87.2 Å². The molecule has 9 heteroatoms. The molecule has 150 valence electrons. The summed E-state index contributed by atoms with van der Waals surface area (Å²) in [6, 6.07) is 13.9. The van der Waals surface area contributed by atoms with Gasteiger partial charge >= 0.3 is 0 Å². The highest BCUT2D eigenvalue weighted by atomic mass is 35.5. The third-order valence-electron chi connectivity index (χ3n) is 4.44. The molecule has 0 aliphatic carbocycles. The van der Waals surface area contributed by atoms with Crippen molar-refractivity contribution < 1.29 is 9.59 Å². The maximum absolute atomic E-state index is 13.0. The van der Waals surface area contributed by atoms with Crippen LogP contribution in [0.2, 0.25) is 15.2 Å². The van der Waals surface area contributed by atoms with Crippen LogP contribution in [-0.2, 0) is 11.3 Å². The number of carbonyl (C=O) groups excluding carboxylic acids is 2. The number of nitrogens with zero attached hydrogens (tertiary/aromatic N) is 3. The highest BCUT2D eigenvalue weighted by molar-refractivity contribution is 6.52. The number of ketones is 1. The molecular formula is C21H13Cl3N4O2. The molecule has 0 spiro atoms. The van der Waals surface area contributed by atoms with Crippen LogP contribution in [0.15, 0.2) is 60.9 Å². The van der Waals surface area contributed by atoms with Gasteiger partial charge in [-0.05, 0) is 42.0 Å². The second kappa shape index (κ2) is 8.44. The van der Waals surface area contributed by atoms with Crippen LogP contribution in [-0.4, -0.2) is 26.2 Å². The van der Waals surface area contributed by atoms with Crippen LogP contribution in [0.3, 0.4) is 0 Å². The van der Waals surface area contributed by atoms with Crippen molar-refractivity contribution in [2.45, 2.75) is 6.54 Å². The molecule has 0 fully saturated rings. The van der Waals surface area contributed by atoms with E-state index in [-0.39, 0.29) is 16.7 Å². The molecule has 2 aromatic carbocycles. The van der Waals surface area contributed by atoms with Gasteiger partial charge in [0.1, 0.15) is 5.15 Å². The van der Waals surface area contributed by atoms with Gasteiger partial charge in [0, 0.05) is 34.4 Å². The maximum Gasteiger partial charge on any atom is 0.299 e. The fraction of sp³-hybridized carbons (Fsp3) is 0.0476. The molecule has 1 N–H and O–H groups in total. The number of rotatable bonds is 5. The lowest BCUT2D eigenvalue weighted by Gasteiger charge is -2.08. The Morgan fingerprint density at radius 2 is 1.60 bits per heavy atom. The van der Waals surface area contributed by atoms with Gasteiger partial charge in [0.15, 0.2) is 0 Å². The van der Waals surface area contributed by atoms with Gasteiger partial charge in [-0.25, -0.2) is 9.97 Å². The van der Waals surface area contributed by atoms with Crippen LogP contribution in [0.4, 0.5) is 5.95 Å². The highest BCUT2D eigenvalue weighted by Gasteiger charge is 2.27. The largest absolute Gasteiger partial charge is 0.327 e.